The van der Waals surface area contributed by atoms with Crippen LogP contribution in [-0.2, 0) is 20.1 Å². The van der Waals surface area contributed by atoms with Crippen LogP contribution in [0.5, 0.6) is 0 Å². The third-order valence-corrected chi connectivity index (χ3v) is 5.37. The van der Waals surface area contributed by atoms with Gasteiger partial charge in [0.1, 0.15) is 5.82 Å². The van der Waals surface area contributed by atoms with Crippen molar-refractivity contribution < 1.29 is 28.9 Å². The van der Waals surface area contributed by atoms with Crippen molar-refractivity contribution in [3.05, 3.63) is 139 Å². The molecule has 6 aromatic rings. The summed E-state index contributed by atoms with van der Waals surface area (Å²) in [5.41, 5.74) is 6.04. The van der Waals surface area contributed by atoms with Crippen LogP contribution in [-0.4, -0.2) is 15.0 Å². The molecule has 0 bridgehead atoms. The number of nitrogens with zero attached hydrogens (tertiary/aromatic N) is 3. The summed E-state index contributed by atoms with van der Waals surface area (Å²) in [7, 11) is 0. The van der Waals surface area contributed by atoms with Crippen LogP contribution in [0.4, 0.5) is 8.78 Å². The number of fused-ring (bicyclic) bond motifs is 1. The Morgan fingerprint density at radius 2 is 1.24 bits per heavy atom. The van der Waals surface area contributed by atoms with Crippen molar-refractivity contribution in [3.63, 3.8) is 0 Å². The quantitative estimate of drug-likeness (QED) is 0.183. The van der Waals surface area contributed by atoms with Gasteiger partial charge in [-0.25, -0.2) is 4.39 Å². The maximum atomic E-state index is 13.2. The van der Waals surface area contributed by atoms with Crippen molar-refractivity contribution >= 4 is 11.0 Å². The van der Waals surface area contributed by atoms with Gasteiger partial charge in [0.2, 0.25) is 0 Å². The minimum atomic E-state index is -0.365. The predicted molar refractivity (Wildman–Crippen MR) is 138 cm³/mol. The Bertz CT molecular complexity index is 1450. The molecule has 3 nitrogen and oxygen atoms in total. The van der Waals surface area contributed by atoms with E-state index in [1.807, 2.05) is 66.7 Å². The Hall–Kier alpha value is -4.12. The zero-order valence-corrected chi connectivity index (χ0v) is 21.8. The summed E-state index contributed by atoms with van der Waals surface area (Å²) in [6, 6.07) is 37.5. The van der Waals surface area contributed by atoms with E-state index in [2.05, 4.69) is 27.1 Å². The summed E-state index contributed by atoms with van der Waals surface area (Å²) in [6.45, 7) is 0. The van der Waals surface area contributed by atoms with Crippen LogP contribution < -0.4 is 0 Å². The van der Waals surface area contributed by atoms with Gasteiger partial charge in [-0.2, -0.15) is 0 Å². The first-order chi connectivity index (χ1) is 17.7. The summed E-state index contributed by atoms with van der Waals surface area (Å²) in [6.07, 6.45) is 1.79. The second-order valence-electron chi connectivity index (χ2n) is 7.83. The predicted octanol–water partition coefficient (Wildman–Crippen LogP) is 7.59. The molecule has 0 N–H and O–H groups in total. The second kappa shape index (κ2) is 12.2. The van der Waals surface area contributed by atoms with Crippen molar-refractivity contribution in [2.24, 2.45) is 0 Å². The average molecular weight is 664 g/mol. The largest absolute Gasteiger partial charge is 0.305 e. The Morgan fingerprint density at radius 3 is 1.86 bits per heavy atom. The third-order valence-electron chi connectivity index (χ3n) is 5.37. The van der Waals surface area contributed by atoms with Gasteiger partial charge < -0.3 is 4.98 Å². The summed E-state index contributed by atoms with van der Waals surface area (Å²) in [5.74, 6) is -0.682. The fourth-order valence-corrected chi connectivity index (χ4v) is 3.62. The standard InChI is InChI=1S/C20H11F2N2.C11H8N.Ir/c21-15-9-5-13(6-10-15)19-20(14-7-11-16(22)12-8-14)24-18-4-2-1-3-17(18)23-19;1-2-6-10(7-3-1)11-8-4-5-9-12-11;/h1-7,9-12H;1-6,8-9H;/q2*-1;. The van der Waals surface area contributed by atoms with Gasteiger partial charge in [0.15, 0.2) is 0 Å². The SMILES string of the molecule is Fc1c[c-]c(-c2nc3ccccc3nc2-c2ccc(F)cc2)cc1.[Ir].[c-]1ccccc1-c1ccccn1. The molecule has 2 heterocycles. The van der Waals surface area contributed by atoms with Crippen molar-refractivity contribution in [2.75, 3.05) is 0 Å². The minimum Gasteiger partial charge on any atom is -0.305 e. The van der Waals surface area contributed by atoms with Gasteiger partial charge in [-0.15, -0.1) is 65.7 Å². The molecule has 0 saturated heterocycles. The number of pyridine rings is 1. The van der Waals surface area contributed by atoms with Crippen molar-refractivity contribution in [1.82, 2.24) is 15.0 Å². The van der Waals surface area contributed by atoms with E-state index in [0.29, 0.717) is 17.0 Å². The third kappa shape index (κ3) is 6.36. The van der Waals surface area contributed by atoms with Gasteiger partial charge >= 0.3 is 0 Å². The van der Waals surface area contributed by atoms with E-state index in [-0.39, 0.29) is 31.7 Å². The summed E-state index contributed by atoms with van der Waals surface area (Å²) < 4.78 is 26.5. The first-order valence-corrected chi connectivity index (χ1v) is 11.3. The summed E-state index contributed by atoms with van der Waals surface area (Å²) >= 11 is 0. The molecule has 0 saturated carbocycles. The van der Waals surface area contributed by atoms with Crippen molar-refractivity contribution in [1.29, 1.82) is 0 Å². The van der Waals surface area contributed by atoms with Gasteiger partial charge in [0, 0.05) is 37.8 Å². The van der Waals surface area contributed by atoms with E-state index in [9.17, 15) is 8.78 Å². The number of aromatic nitrogens is 3. The van der Waals surface area contributed by atoms with E-state index >= 15 is 0 Å². The van der Waals surface area contributed by atoms with Gasteiger partial charge in [0.25, 0.3) is 0 Å². The first kappa shape index (κ1) is 26.0. The van der Waals surface area contributed by atoms with Crippen molar-refractivity contribution in [3.8, 4) is 33.8 Å². The average Bonchev–Trinajstić information content (AvgIpc) is 2.95. The molecule has 6 rings (SSSR count). The molecule has 0 aliphatic rings. The van der Waals surface area contributed by atoms with Crippen LogP contribution in [0.25, 0.3) is 44.8 Å². The van der Waals surface area contributed by atoms with Crippen LogP contribution in [0.3, 0.4) is 0 Å². The molecule has 0 fully saturated rings. The van der Waals surface area contributed by atoms with Gasteiger partial charge in [0.05, 0.1) is 16.7 Å². The van der Waals surface area contributed by atoms with E-state index < -0.39 is 0 Å². The molecule has 1 radical (unpaired) electrons. The maximum Gasteiger partial charge on any atom is 0.123 e. The van der Waals surface area contributed by atoms with Gasteiger partial charge in [-0.05, 0) is 41.6 Å². The fourth-order valence-electron chi connectivity index (χ4n) is 3.62. The topological polar surface area (TPSA) is 38.7 Å². The molecule has 0 aliphatic heterocycles. The van der Waals surface area contributed by atoms with E-state index in [1.54, 1.807) is 24.4 Å². The van der Waals surface area contributed by atoms with Crippen LogP contribution in [0.2, 0.25) is 0 Å². The monoisotopic (exact) mass is 664 g/mol. The summed E-state index contributed by atoms with van der Waals surface area (Å²) in [4.78, 5) is 13.6. The first-order valence-electron chi connectivity index (χ1n) is 11.3. The Morgan fingerprint density at radius 1 is 0.568 bits per heavy atom. The molecule has 37 heavy (non-hydrogen) atoms. The molecule has 183 valence electrons. The minimum absolute atomic E-state index is 0. The van der Waals surface area contributed by atoms with Crippen molar-refractivity contribution in [2.45, 2.75) is 0 Å². The zero-order chi connectivity index (χ0) is 24.7. The molecule has 0 aliphatic carbocycles. The Balaban J connectivity index is 0.000000208. The number of rotatable bonds is 3. The van der Waals surface area contributed by atoms with E-state index in [4.69, 9.17) is 0 Å². The molecular weight excluding hydrogens is 645 g/mol. The Labute approximate surface area is 227 Å². The van der Waals surface area contributed by atoms with Crippen LogP contribution in [0.1, 0.15) is 0 Å². The zero-order valence-electron chi connectivity index (χ0n) is 19.4. The fraction of sp³-hybridized carbons (Fsp3) is 0. The number of para-hydroxylation sites is 2. The van der Waals surface area contributed by atoms with E-state index in [1.165, 1.54) is 24.3 Å². The molecule has 0 amide bonds. The van der Waals surface area contributed by atoms with Gasteiger partial charge in [-0.3, -0.25) is 14.4 Å². The van der Waals surface area contributed by atoms with Crippen LogP contribution in [0, 0.1) is 23.8 Å². The van der Waals surface area contributed by atoms with E-state index in [0.717, 1.165) is 27.9 Å². The molecule has 6 heteroatoms. The smallest absolute Gasteiger partial charge is 0.123 e. The van der Waals surface area contributed by atoms with Crippen LogP contribution in [0.15, 0.2) is 115 Å². The molecule has 4 aromatic carbocycles. The molecule has 0 atom stereocenters. The number of hydrogen-bond acceptors (Lipinski definition) is 3. The Kier molecular flexibility index (Phi) is 8.57. The molecule has 0 spiro atoms. The van der Waals surface area contributed by atoms with Crippen LogP contribution >= 0.6 is 0 Å². The molecular formula is C31H19F2IrN3-2. The normalized spacial score (nSPS) is 10.2. The summed E-state index contributed by atoms with van der Waals surface area (Å²) in [5, 5.41) is 0. The molecule has 0 unspecified atom stereocenters. The number of benzene rings is 4. The number of hydrogen-bond donors (Lipinski definition) is 0. The van der Waals surface area contributed by atoms with Gasteiger partial charge in [-0.1, -0.05) is 36.4 Å². The second-order valence-corrected chi connectivity index (χ2v) is 7.83. The maximum absolute atomic E-state index is 13.2. The number of halogens is 2. The molecule has 2 aromatic heterocycles.